The lowest BCUT2D eigenvalue weighted by Crippen LogP contribution is -2.31. The smallest absolute Gasteiger partial charge is 0.259 e. The minimum absolute atomic E-state index is 0.0713. The molecule has 0 amide bonds. The predicted molar refractivity (Wildman–Crippen MR) is 157 cm³/mol. The number of fused-ring (bicyclic) bond motifs is 5. The highest BCUT2D eigenvalue weighted by Gasteiger charge is 2.28. The topological polar surface area (TPSA) is 55.1 Å². The van der Waals surface area contributed by atoms with E-state index in [2.05, 4.69) is 37.3 Å². The van der Waals surface area contributed by atoms with Gasteiger partial charge < -0.3 is 5.11 Å². The molecule has 0 unspecified atom stereocenters. The van der Waals surface area contributed by atoms with Gasteiger partial charge in [-0.25, -0.2) is 4.98 Å². The number of rotatable bonds is 3. The first kappa shape index (κ1) is 36.2. The summed E-state index contributed by atoms with van der Waals surface area (Å²) in [6, 6.07) is 12.1. The largest absolute Gasteiger partial charge is 0.400 e. The number of aliphatic hydroxyl groups is 1. The minimum atomic E-state index is 0.0713. The highest BCUT2D eigenvalue weighted by atomic mass is 16.2. The average molecular weight is 479 g/mol. The van der Waals surface area contributed by atoms with Gasteiger partial charge in [-0.05, 0) is 42.7 Å². The molecule has 3 heterocycles. The van der Waals surface area contributed by atoms with Gasteiger partial charge in [0.15, 0.2) is 0 Å². The van der Waals surface area contributed by atoms with Crippen molar-refractivity contribution in [2.24, 2.45) is 0 Å². The summed E-state index contributed by atoms with van der Waals surface area (Å²) < 4.78 is 1.79. The second-order valence-electron chi connectivity index (χ2n) is 5.69. The summed E-state index contributed by atoms with van der Waals surface area (Å²) in [5.41, 5.74) is 8.43. The molecule has 1 aliphatic rings. The highest BCUT2D eigenvalue weighted by molar-refractivity contribution is 5.90. The highest BCUT2D eigenvalue weighted by Crippen LogP contribution is 2.37. The van der Waals surface area contributed by atoms with Crippen molar-refractivity contribution < 1.29 is 5.11 Å². The van der Waals surface area contributed by atoms with Crippen LogP contribution < -0.4 is 5.56 Å². The van der Waals surface area contributed by atoms with Crippen molar-refractivity contribution >= 4 is 10.9 Å². The molecule has 1 aliphatic heterocycles. The van der Waals surface area contributed by atoms with Gasteiger partial charge in [0.05, 0.1) is 16.9 Å². The van der Waals surface area contributed by atoms with E-state index in [1.807, 2.05) is 92.7 Å². The van der Waals surface area contributed by atoms with Gasteiger partial charge >= 0.3 is 0 Å². The van der Waals surface area contributed by atoms with Gasteiger partial charge in [-0.3, -0.25) is 9.36 Å². The lowest BCUT2D eigenvalue weighted by Gasteiger charge is -2.27. The molecule has 0 atom stereocenters. The number of para-hydroxylation sites is 1. The first-order valence-corrected chi connectivity index (χ1v) is 12.5. The molecule has 4 heteroatoms. The van der Waals surface area contributed by atoms with Gasteiger partial charge in [0.2, 0.25) is 0 Å². The Hall–Kier alpha value is -3.38. The molecule has 2 aromatic heterocycles. The van der Waals surface area contributed by atoms with Crippen molar-refractivity contribution in [3.05, 3.63) is 76.3 Å². The second-order valence-corrected chi connectivity index (χ2v) is 5.69. The van der Waals surface area contributed by atoms with Crippen molar-refractivity contribution in [2.45, 2.75) is 75.2 Å². The van der Waals surface area contributed by atoms with Gasteiger partial charge in [0, 0.05) is 18.1 Å². The Morgan fingerprint density at radius 2 is 1.54 bits per heavy atom. The van der Waals surface area contributed by atoms with Crippen LogP contribution >= 0.6 is 0 Å². The maximum absolute atomic E-state index is 12.8. The Kier molecular flexibility index (Phi) is 23.2. The molecule has 0 fully saturated rings. The second kappa shape index (κ2) is 22.4. The van der Waals surface area contributed by atoms with E-state index in [-0.39, 0.29) is 5.56 Å². The van der Waals surface area contributed by atoms with E-state index in [1.54, 1.807) is 4.57 Å². The fourth-order valence-corrected chi connectivity index (χ4v) is 3.27. The number of nitrogens with zero attached hydrogens (tertiary/aromatic N) is 2. The predicted octanol–water partition coefficient (Wildman–Crippen LogP) is 7.77. The zero-order valence-corrected chi connectivity index (χ0v) is 23.6. The molecule has 35 heavy (non-hydrogen) atoms. The zero-order valence-electron chi connectivity index (χ0n) is 23.6. The molecule has 0 saturated heterocycles. The molecule has 0 radical (unpaired) electrons. The van der Waals surface area contributed by atoms with Gasteiger partial charge in [-0.2, -0.15) is 0 Å². The fourth-order valence-electron chi connectivity index (χ4n) is 3.27. The number of pyridine rings is 2. The number of allylic oxidation sites excluding steroid dienone is 1. The monoisotopic (exact) mass is 478 g/mol. The lowest BCUT2D eigenvalue weighted by atomic mass is 9.96. The summed E-state index contributed by atoms with van der Waals surface area (Å²) in [5.74, 6) is 0. The Balaban J connectivity index is -0.000000752. The molecule has 0 saturated carbocycles. The van der Waals surface area contributed by atoms with Crippen LogP contribution in [0.2, 0.25) is 0 Å². The normalized spacial score (nSPS) is 8.37. The summed E-state index contributed by atoms with van der Waals surface area (Å²) in [6.45, 7) is 21.6. The molecular formula is C31H46N2O2. The van der Waals surface area contributed by atoms with E-state index in [4.69, 9.17) is 10.1 Å². The summed E-state index contributed by atoms with van der Waals surface area (Å²) in [6.07, 6.45) is 11.3. The first-order chi connectivity index (χ1) is 17.2. The third-order valence-electron chi connectivity index (χ3n) is 4.41. The van der Waals surface area contributed by atoms with Crippen molar-refractivity contribution in [3.63, 3.8) is 0 Å². The van der Waals surface area contributed by atoms with Crippen LogP contribution in [-0.4, -0.2) is 21.8 Å². The van der Waals surface area contributed by atoms with E-state index < -0.39 is 0 Å². The van der Waals surface area contributed by atoms with Crippen LogP contribution in [-0.2, 0) is 12.8 Å². The Labute approximate surface area is 214 Å². The third-order valence-corrected chi connectivity index (χ3v) is 4.41. The van der Waals surface area contributed by atoms with Gasteiger partial charge in [-0.15, -0.1) is 18.6 Å². The van der Waals surface area contributed by atoms with E-state index in [0.29, 0.717) is 6.42 Å². The molecule has 4 rings (SSSR count). The zero-order chi connectivity index (χ0) is 28.0. The van der Waals surface area contributed by atoms with Crippen LogP contribution in [0.4, 0.5) is 0 Å². The summed E-state index contributed by atoms with van der Waals surface area (Å²) >= 11 is 0. The van der Waals surface area contributed by atoms with Crippen LogP contribution in [0.5, 0.6) is 0 Å². The number of hydrogen-bond acceptors (Lipinski definition) is 3. The van der Waals surface area contributed by atoms with E-state index in [9.17, 15) is 4.79 Å². The Morgan fingerprint density at radius 1 is 1.00 bits per heavy atom. The lowest BCUT2D eigenvalue weighted by molar-refractivity contribution is 0.399. The van der Waals surface area contributed by atoms with Crippen LogP contribution in [0.1, 0.15) is 73.4 Å². The van der Waals surface area contributed by atoms with Gasteiger partial charge in [-0.1, -0.05) is 87.1 Å². The van der Waals surface area contributed by atoms with E-state index in [0.717, 1.165) is 52.6 Å². The molecule has 3 aromatic rings. The van der Waals surface area contributed by atoms with Gasteiger partial charge in [0.1, 0.15) is 5.69 Å². The number of aliphatic hydroxyl groups excluding tert-OH is 1. The number of terminal acetylenes is 1. The van der Waals surface area contributed by atoms with Crippen LogP contribution in [0.15, 0.2) is 59.6 Å². The van der Waals surface area contributed by atoms with Crippen LogP contribution in [0, 0.1) is 12.8 Å². The SMILES string of the molecule is C#C.C=C=CCc1cc2n(c(=O)c1CC)-c1cc3ccccc3nc1-2.CC.CC.CC.CC.CO. The molecule has 0 bridgehead atoms. The molecule has 1 aromatic carbocycles. The van der Waals surface area contributed by atoms with E-state index >= 15 is 0 Å². The summed E-state index contributed by atoms with van der Waals surface area (Å²) in [4.78, 5) is 17.6. The van der Waals surface area contributed by atoms with Crippen LogP contribution in [0.3, 0.4) is 0 Å². The molecule has 4 nitrogen and oxygen atoms in total. The van der Waals surface area contributed by atoms with E-state index in [1.165, 1.54) is 0 Å². The minimum Gasteiger partial charge on any atom is -0.400 e. The van der Waals surface area contributed by atoms with Gasteiger partial charge in [0.25, 0.3) is 5.56 Å². The third kappa shape index (κ3) is 8.72. The Bertz CT molecular complexity index is 1100. The summed E-state index contributed by atoms with van der Waals surface area (Å²) in [5, 5.41) is 8.06. The maximum atomic E-state index is 12.8. The fraction of sp³-hybridized carbons (Fsp3) is 0.387. The molecule has 192 valence electrons. The number of aromatic nitrogens is 2. The number of benzene rings is 1. The standard InChI is InChI=1S/C20H16N2O.4C2H6.C2H2.CH4O/c1-3-5-8-13-11-17-19-18(22(17)20(23)15(13)4-2)12-14-9-6-7-10-16(14)21-19;6*1-2/h5-7,9-12H,1,4,8H2,2H3;4*1-2H3;1-2H;2H,1H3. The molecular weight excluding hydrogens is 432 g/mol. The van der Waals surface area contributed by atoms with Crippen molar-refractivity contribution in [2.75, 3.05) is 7.11 Å². The average Bonchev–Trinajstić information content (AvgIpc) is 2.96. The molecule has 0 spiro atoms. The maximum Gasteiger partial charge on any atom is 0.259 e. The van der Waals surface area contributed by atoms with Crippen molar-refractivity contribution in [3.8, 4) is 29.9 Å². The Morgan fingerprint density at radius 3 is 2.06 bits per heavy atom. The van der Waals surface area contributed by atoms with Crippen molar-refractivity contribution in [1.82, 2.24) is 9.55 Å². The molecule has 1 N–H and O–H groups in total. The summed E-state index contributed by atoms with van der Waals surface area (Å²) in [7, 11) is 1.00. The number of hydrogen-bond donors (Lipinski definition) is 1. The molecule has 0 aliphatic carbocycles. The van der Waals surface area contributed by atoms with Crippen LogP contribution in [0.25, 0.3) is 28.0 Å². The quantitative estimate of drug-likeness (QED) is 0.242. The van der Waals surface area contributed by atoms with Crippen molar-refractivity contribution in [1.29, 1.82) is 0 Å². The first-order valence-electron chi connectivity index (χ1n) is 12.5.